The van der Waals surface area contributed by atoms with Crippen LogP contribution in [0.4, 0.5) is 4.39 Å². The van der Waals surface area contributed by atoms with E-state index >= 15 is 0 Å². The molecule has 5 rings (SSSR count). The molecule has 1 aliphatic rings. The molecular formula is C25H27FN6O2. The van der Waals surface area contributed by atoms with Crippen LogP contribution in [-0.4, -0.2) is 49.8 Å². The van der Waals surface area contributed by atoms with Crippen LogP contribution in [-0.2, 0) is 6.54 Å². The van der Waals surface area contributed by atoms with E-state index in [1.54, 1.807) is 16.8 Å². The van der Waals surface area contributed by atoms with Gasteiger partial charge in [0.2, 0.25) is 0 Å². The first-order chi connectivity index (χ1) is 16.6. The Morgan fingerprint density at radius 1 is 1.09 bits per heavy atom. The minimum Gasteiger partial charge on any atom is -0.494 e. The molecule has 0 unspecified atom stereocenters. The standard InChI is InChI=1S/C25H27FN6O2/c1-2-34-20-10-11-22-18(14-20)15-21(25(33)27-22)23(31-12-4-3-5-13-31)24-28-29-30-32(24)16-17-6-8-19(26)9-7-17/h6-11,14-15,23H,2-5,12-13,16H2,1H3,(H,27,33)/t23-/m1/s1. The minimum absolute atomic E-state index is 0.163. The highest BCUT2D eigenvalue weighted by molar-refractivity contribution is 5.80. The van der Waals surface area contributed by atoms with Crippen molar-refractivity contribution in [2.24, 2.45) is 0 Å². The van der Waals surface area contributed by atoms with Gasteiger partial charge in [0.05, 0.1) is 13.2 Å². The molecule has 0 aliphatic carbocycles. The third-order valence-corrected chi connectivity index (χ3v) is 6.26. The minimum atomic E-state index is -0.403. The average molecular weight is 463 g/mol. The smallest absolute Gasteiger partial charge is 0.253 e. The van der Waals surface area contributed by atoms with Gasteiger partial charge in [0, 0.05) is 16.5 Å². The van der Waals surface area contributed by atoms with Crippen LogP contribution in [0.25, 0.3) is 10.9 Å². The molecule has 4 aromatic rings. The van der Waals surface area contributed by atoms with Crippen molar-refractivity contribution in [1.82, 2.24) is 30.1 Å². The molecule has 2 aromatic carbocycles. The van der Waals surface area contributed by atoms with Gasteiger partial charge in [-0.15, -0.1) is 5.10 Å². The Labute approximate surface area is 196 Å². The number of H-pyrrole nitrogens is 1. The number of hydrogen-bond donors (Lipinski definition) is 1. The second kappa shape index (κ2) is 9.72. The van der Waals surface area contributed by atoms with E-state index in [4.69, 9.17) is 4.74 Å². The van der Waals surface area contributed by atoms with Crippen LogP contribution in [0.15, 0.2) is 53.3 Å². The van der Waals surface area contributed by atoms with Crippen LogP contribution in [0.1, 0.15) is 49.2 Å². The quantitative estimate of drug-likeness (QED) is 0.451. The number of aromatic amines is 1. The first-order valence-electron chi connectivity index (χ1n) is 11.7. The van der Waals surface area contributed by atoms with E-state index in [0.29, 0.717) is 24.5 Å². The average Bonchev–Trinajstić information content (AvgIpc) is 3.30. The molecule has 3 heterocycles. The van der Waals surface area contributed by atoms with Gasteiger partial charge < -0.3 is 9.72 Å². The number of aromatic nitrogens is 5. The van der Waals surface area contributed by atoms with E-state index in [-0.39, 0.29) is 11.4 Å². The van der Waals surface area contributed by atoms with Crippen molar-refractivity contribution < 1.29 is 9.13 Å². The lowest BCUT2D eigenvalue weighted by atomic mass is 10.0. The molecule has 0 amide bonds. The predicted octanol–water partition coefficient (Wildman–Crippen LogP) is 3.68. The van der Waals surface area contributed by atoms with Gasteiger partial charge in [0.25, 0.3) is 5.56 Å². The number of tetrazole rings is 1. The first-order valence-corrected chi connectivity index (χ1v) is 11.7. The van der Waals surface area contributed by atoms with Crippen molar-refractivity contribution in [2.45, 2.75) is 38.8 Å². The number of ether oxygens (including phenoxy) is 1. The van der Waals surface area contributed by atoms with Crippen LogP contribution in [0.2, 0.25) is 0 Å². The van der Waals surface area contributed by atoms with Gasteiger partial charge in [0.15, 0.2) is 5.82 Å². The normalized spacial score (nSPS) is 15.5. The molecule has 2 aromatic heterocycles. The molecule has 1 N–H and O–H groups in total. The Morgan fingerprint density at radius 3 is 2.65 bits per heavy atom. The molecule has 0 spiro atoms. The molecule has 34 heavy (non-hydrogen) atoms. The van der Waals surface area contributed by atoms with Crippen LogP contribution in [0, 0.1) is 5.82 Å². The Morgan fingerprint density at radius 2 is 1.88 bits per heavy atom. The Balaban J connectivity index is 1.59. The molecule has 0 radical (unpaired) electrons. The molecule has 0 bridgehead atoms. The van der Waals surface area contributed by atoms with Crippen molar-refractivity contribution in [1.29, 1.82) is 0 Å². The van der Waals surface area contributed by atoms with E-state index in [1.165, 1.54) is 12.1 Å². The summed E-state index contributed by atoms with van der Waals surface area (Å²) in [4.78, 5) is 18.6. The number of pyridine rings is 1. The number of fused-ring (bicyclic) bond motifs is 1. The third-order valence-electron chi connectivity index (χ3n) is 6.26. The lowest BCUT2D eigenvalue weighted by Crippen LogP contribution is -2.38. The zero-order valence-corrected chi connectivity index (χ0v) is 19.1. The lowest BCUT2D eigenvalue weighted by molar-refractivity contribution is 0.177. The van der Waals surface area contributed by atoms with Crippen LogP contribution >= 0.6 is 0 Å². The molecule has 176 valence electrons. The topological polar surface area (TPSA) is 88.9 Å². The van der Waals surface area contributed by atoms with Gasteiger partial charge >= 0.3 is 0 Å². The highest BCUT2D eigenvalue weighted by Gasteiger charge is 2.31. The molecule has 0 saturated carbocycles. The molecule has 8 nitrogen and oxygen atoms in total. The second-order valence-corrected chi connectivity index (χ2v) is 8.56. The van der Waals surface area contributed by atoms with Crippen LogP contribution in [0.3, 0.4) is 0 Å². The maximum atomic E-state index is 13.4. The van der Waals surface area contributed by atoms with E-state index in [2.05, 4.69) is 25.4 Å². The SMILES string of the molecule is CCOc1ccc2[nH]c(=O)c([C@H](c3nnnn3Cc3ccc(F)cc3)N3CCCCC3)cc2c1. The number of halogens is 1. The van der Waals surface area contributed by atoms with Crippen molar-refractivity contribution in [3.05, 3.63) is 81.7 Å². The lowest BCUT2D eigenvalue weighted by Gasteiger charge is -2.33. The van der Waals surface area contributed by atoms with Gasteiger partial charge in [-0.3, -0.25) is 9.69 Å². The van der Waals surface area contributed by atoms with Gasteiger partial charge in [-0.2, -0.15) is 0 Å². The Bertz CT molecular complexity index is 1330. The predicted molar refractivity (Wildman–Crippen MR) is 126 cm³/mol. The highest BCUT2D eigenvalue weighted by atomic mass is 19.1. The monoisotopic (exact) mass is 462 g/mol. The fourth-order valence-corrected chi connectivity index (χ4v) is 4.62. The van der Waals surface area contributed by atoms with E-state index in [0.717, 1.165) is 54.6 Å². The summed E-state index contributed by atoms with van der Waals surface area (Å²) in [6.45, 7) is 4.59. The Kier molecular flexibility index (Phi) is 6.35. The highest BCUT2D eigenvalue weighted by Crippen LogP contribution is 2.30. The third kappa shape index (κ3) is 4.56. The largest absolute Gasteiger partial charge is 0.494 e. The van der Waals surface area contributed by atoms with E-state index < -0.39 is 6.04 Å². The summed E-state index contributed by atoms with van der Waals surface area (Å²) in [5, 5.41) is 13.4. The molecular weight excluding hydrogens is 435 g/mol. The summed E-state index contributed by atoms with van der Waals surface area (Å²) in [5.41, 5.74) is 2.06. The van der Waals surface area contributed by atoms with Crippen molar-refractivity contribution in [3.63, 3.8) is 0 Å². The van der Waals surface area contributed by atoms with Gasteiger partial charge in [0.1, 0.15) is 17.6 Å². The number of piperidine rings is 1. The number of hydrogen-bond acceptors (Lipinski definition) is 6. The number of likely N-dealkylation sites (tertiary alicyclic amines) is 1. The maximum absolute atomic E-state index is 13.4. The summed E-state index contributed by atoms with van der Waals surface area (Å²) in [7, 11) is 0. The van der Waals surface area contributed by atoms with Crippen molar-refractivity contribution in [2.75, 3.05) is 19.7 Å². The summed E-state index contributed by atoms with van der Waals surface area (Å²) in [6.07, 6.45) is 3.27. The maximum Gasteiger partial charge on any atom is 0.253 e. The van der Waals surface area contributed by atoms with E-state index in [9.17, 15) is 9.18 Å². The first kappa shape index (κ1) is 22.2. The van der Waals surface area contributed by atoms with Crippen molar-refractivity contribution in [3.8, 4) is 5.75 Å². The molecule has 1 saturated heterocycles. The van der Waals surface area contributed by atoms with Crippen LogP contribution < -0.4 is 10.3 Å². The van der Waals surface area contributed by atoms with Crippen molar-refractivity contribution >= 4 is 10.9 Å². The van der Waals surface area contributed by atoms with Gasteiger partial charge in [-0.1, -0.05) is 18.6 Å². The van der Waals surface area contributed by atoms with Gasteiger partial charge in [-0.25, -0.2) is 9.07 Å². The van der Waals surface area contributed by atoms with Crippen LogP contribution in [0.5, 0.6) is 5.75 Å². The fraction of sp³-hybridized carbons (Fsp3) is 0.360. The molecule has 1 aliphatic heterocycles. The zero-order chi connectivity index (χ0) is 23.5. The number of nitrogens with one attached hydrogen (secondary N) is 1. The van der Waals surface area contributed by atoms with E-state index in [1.807, 2.05) is 31.2 Å². The summed E-state index contributed by atoms with van der Waals surface area (Å²) in [6, 6.07) is 13.5. The molecule has 9 heteroatoms. The fourth-order valence-electron chi connectivity index (χ4n) is 4.62. The number of benzene rings is 2. The second-order valence-electron chi connectivity index (χ2n) is 8.56. The number of nitrogens with zero attached hydrogens (tertiary/aromatic N) is 5. The zero-order valence-electron chi connectivity index (χ0n) is 19.1. The summed E-state index contributed by atoms with van der Waals surface area (Å²) < 4.78 is 20.7. The number of rotatable bonds is 7. The molecule has 1 fully saturated rings. The molecule has 1 atom stereocenters. The summed E-state index contributed by atoms with van der Waals surface area (Å²) >= 11 is 0. The van der Waals surface area contributed by atoms with Gasteiger partial charge in [-0.05, 0) is 85.2 Å². The Hall–Kier alpha value is -3.59. The summed E-state index contributed by atoms with van der Waals surface area (Å²) in [5.74, 6) is 1.06.